The number of thiophene rings is 1. The predicted molar refractivity (Wildman–Crippen MR) is 117 cm³/mol. The largest absolute Gasteiger partial charge is 0.341 e. The van der Waals surface area contributed by atoms with Crippen molar-refractivity contribution in [3.05, 3.63) is 86.3 Å². The van der Waals surface area contributed by atoms with Gasteiger partial charge in [0.1, 0.15) is 0 Å². The van der Waals surface area contributed by atoms with Crippen LogP contribution in [-0.4, -0.2) is 15.3 Å². The van der Waals surface area contributed by atoms with Gasteiger partial charge < -0.3 is 5.32 Å². The van der Waals surface area contributed by atoms with E-state index in [1.54, 1.807) is 28.7 Å². The molecule has 0 bridgehead atoms. The van der Waals surface area contributed by atoms with Crippen LogP contribution in [0.1, 0.15) is 38.3 Å². The highest BCUT2D eigenvalue weighted by atomic mass is 32.1. The number of aryl methyl sites for hydroxylation is 3. The van der Waals surface area contributed by atoms with E-state index in [-0.39, 0.29) is 11.9 Å². The van der Waals surface area contributed by atoms with E-state index in [2.05, 4.69) is 60.7 Å². The Morgan fingerprint density at radius 1 is 1.18 bits per heavy atom. The van der Waals surface area contributed by atoms with Crippen molar-refractivity contribution in [3.8, 4) is 0 Å². The third-order valence-electron chi connectivity index (χ3n) is 4.58. The van der Waals surface area contributed by atoms with Crippen LogP contribution in [0.5, 0.6) is 0 Å². The van der Waals surface area contributed by atoms with Crippen molar-refractivity contribution in [3.63, 3.8) is 0 Å². The number of nitrogens with zero attached hydrogens (tertiary/aromatic N) is 2. The molecule has 1 amide bonds. The zero-order valence-electron chi connectivity index (χ0n) is 16.0. The number of hydrogen-bond donors (Lipinski definition) is 1. The monoisotopic (exact) mass is 407 g/mol. The molecule has 1 atom stereocenters. The molecule has 0 fully saturated rings. The lowest BCUT2D eigenvalue weighted by molar-refractivity contribution is -0.116. The molecule has 4 rings (SSSR count). The summed E-state index contributed by atoms with van der Waals surface area (Å²) in [5, 5.41) is 5.18. The second-order valence-electron chi connectivity index (χ2n) is 6.78. The lowest BCUT2D eigenvalue weighted by atomic mass is 10.0. The van der Waals surface area contributed by atoms with Crippen molar-refractivity contribution < 1.29 is 4.79 Å². The topological polar surface area (TPSA) is 46.4 Å². The summed E-state index contributed by atoms with van der Waals surface area (Å²) in [5.74, 6) is -0.125. The van der Waals surface area contributed by atoms with Crippen molar-refractivity contribution in [1.82, 2.24) is 14.7 Å². The first-order chi connectivity index (χ1) is 13.5. The highest BCUT2D eigenvalue weighted by Crippen LogP contribution is 2.26. The molecule has 0 saturated heterocycles. The van der Waals surface area contributed by atoms with E-state index in [1.807, 2.05) is 28.8 Å². The highest BCUT2D eigenvalue weighted by molar-refractivity contribution is 7.17. The molecule has 0 radical (unpaired) electrons. The first-order valence-electron chi connectivity index (χ1n) is 9.05. The van der Waals surface area contributed by atoms with Gasteiger partial charge in [-0.3, -0.25) is 9.20 Å². The van der Waals surface area contributed by atoms with Gasteiger partial charge in [0.25, 0.3) is 0 Å². The van der Waals surface area contributed by atoms with Crippen LogP contribution in [0.3, 0.4) is 0 Å². The van der Waals surface area contributed by atoms with Gasteiger partial charge >= 0.3 is 0 Å². The molecular formula is C22H21N3OS2. The number of fused-ring (bicyclic) bond motifs is 1. The molecule has 4 aromatic rings. The molecule has 0 aliphatic heterocycles. The molecule has 1 aromatic carbocycles. The molecule has 1 unspecified atom stereocenters. The number of aromatic nitrogens is 2. The Kier molecular flexibility index (Phi) is 5.15. The van der Waals surface area contributed by atoms with Gasteiger partial charge in [-0.05, 0) is 43.9 Å². The summed E-state index contributed by atoms with van der Waals surface area (Å²) in [7, 11) is 0. The van der Waals surface area contributed by atoms with Gasteiger partial charge in [-0.25, -0.2) is 4.98 Å². The Balaban J connectivity index is 1.58. The molecule has 1 N–H and O–H groups in total. The summed E-state index contributed by atoms with van der Waals surface area (Å²) in [4.78, 5) is 20.5. The van der Waals surface area contributed by atoms with Crippen LogP contribution in [-0.2, 0) is 4.79 Å². The maximum absolute atomic E-state index is 12.7. The molecule has 0 aliphatic carbocycles. The van der Waals surface area contributed by atoms with Crippen molar-refractivity contribution in [2.24, 2.45) is 0 Å². The lowest BCUT2D eigenvalue weighted by Gasteiger charge is -2.17. The molecule has 0 spiro atoms. The standard InChI is InChI=1S/C22H21N3OS2/c1-14-6-8-17(9-7-14)21(19-5-4-12-27-19)24-20(26)11-10-18-16(3)23-22-25(18)13-15(2)28-22/h4-13,21H,1-3H3,(H,24,26)/b11-10+. The van der Waals surface area contributed by atoms with Gasteiger partial charge in [0.15, 0.2) is 4.96 Å². The van der Waals surface area contributed by atoms with E-state index >= 15 is 0 Å². The van der Waals surface area contributed by atoms with E-state index in [0.717, 1.165) is 26.8 Å². The van der Waals surface area contributed by atoms with Crippen molar-refractivity contribution in [2.45, 2.75) is 26.8 Å². The number of benzene rings is 1. The number of carbonyl (C=O) groups is 1. The maximum Gasteiger partial charge on any atom is 0.244 e. The normalized spacial score (nSPS) is 12.7. The quantitative estimate of drug-likeness (QED) is 0.456. The third-order valence-corrected chi connectivity index (χ3v) is 6.42. The van der Waals surface area contributed by atoms with Gasteiger partial charge in [-0.15, -0.1) is 22.7 Å². The zero-order chi connectivity index (χ0) is 19.7. The Bertz CT molecular complexity index is 1130. The summed E-state index contributed by atoms with van der Waals surface area (Å²) < 4.78 is 2.04. The van der Waals surface area contributed by atoms with E-state index < -0.39 is 0 Å². The van der Waals surface area contributed by atoms with Gasteiger partial charge in [-0.2, -0.15) is 0 Å². The summed E-state index contributed by atoms with van der Waals surface area (Å²) in [6.07, 6.45) is 5.49. The van der Waals surface area contributed by atoms with E-state index in [1.165, 1.54) is 10.4 Å². The number of thiazole rings is 1. The molecule has 3 heterocycles. The Labute approximate surface area is 172 Å². The Morgan fingerprint density at radius 3 is 2.68 bits per heavy atom. The van der Waals surface area contributed by atoms with Gasteiger partial charge in [0.05, 0.1) is 17.4 Å². The van der Waals surface area contributed by atoms with E-state index in [0.29, 0.717) is 0 Å². The molecule has 0 aliphatic rings. The van der Waals surface area contributed by atoms with Crippen LogP contribution in [0, 0.1) is 20.8 Å². The van der Waals surface area contributed by atoms with Crippen LogP contribution in [0.25, 0.3) is 11.0 Å². The third kappa shape index (κ3) is 3.79. The van der Waals surface area contributed by atoms with Crippen molar-refractivity contribution in [2.75, 3.05) is 0 Å². The summed E-state index contributed by atoms with van der Waals surface area (Å²) in [5.41, 5.74) is 4.14. The fraction of sp³-hybridized carbons (Fsp3) is 0.182. The predicted octanol–water partition coefficient (Wildman–Crippen LogP) is 5.30. The van der Waals surface area contributed by atoms with Crippen LogP contribution < -0.4 is 5.32 Å². The molecular weight excluding hydrogens is 386 g/mol. The number of nitrogens with one attached hydrogen (secondary N) is 1. The van der Waals surface area contributed by atoms with Crippen molar-refractivity contribution >= 4 is 39.6 Å². The fourth-order valence-electron chi connectivity index (χ4n) is 3.16. The molecule has 0 saturated carbocycles. The Morgan fingerprint density at radius 2 is 1.96 bits per heavy atom. The number of hydrogen-bond acceptors (Lipinski definition) is 4. The number of rotatable bonds is 5. The van der Waals surface area contributed by atoms with Gasteiger partial charge in [0, 0.05) is 22.0 Å². The minimum atomic E-state index is -0.160. The average Bonchev–Trinajstić information content (AvgIpc) is 3.36. The van der Waals surface area contributed by atoms with Crippen LogP contribution >= 0.6 is 22.7 Å². The lowest BCUT2D eigenvalue weighted by Crippen LogP contribution is -2.27. The van der Waals surface area contributed by atoms with Crippen LogP contribution in [0.15, 0.2) is 54.1 Å². The molecule has 6 heteroatoms. The first kappa shape index (κ1) is 18.7. The number of amides is 1. The highest BCUT2D eigenvalue weighted by Gasteiger charge is 2.17. The van der Waals surface area contributed by atoms with Crippen LogP contribution in [0.2, 0.25) is 0 Å². The maximum atomic E-state index is 12.7. The molecule has 142 valence electrons. The summed E-state index contributed by atoms with van der Waals surface area (Å²) in [6, 6.07) is 12.2. The zero-order valence-corrected chi connectivity index (χ0v) is 17.6. The van der Waals surface area contributed by atoms with Gasteiger partial charge in [-0.1, -0.05) is 35.9 Å². The van der Waals surface area contributed by atoms with Gasteiger partial charge in [0.2, 0.25) is 5.91 Å². The van der Waals surface area contributed by atoms with E-state index in [9.17, 15) is 4.79 Å². The first-order valence-corrected chi connectivity index (χ1v) is 10.7. The molecule has 3 aromatic heterocycles. The number of carbonyl (C=O) groups excluding carboxylic acids is 1. The number of imidazole rings is 1. The smallest absolute Gasteiger partial charge is 0.244 e. The van der Waals surface area contributed by atoms with Crippen molar-refractivity contribution in [1.29, 1.82) is 0 Å². The average molecular weight is 408 g/mol. The SMILES string of the molecule is Cc1ccc(C(NC(=O)/C=C/c2c(C)nc3sc(C)cn23)c2cccs2)cc1. The molecule has 28 heavy (non-hydrogen) atoms. The second-order valence-corrected chi connectivity index (χ2v) is 8.97. The van der Waals surface area contributed by atoms with E-state index in [4.69, 9.17) is 0 Å². The summed E-state index contributed by atoms with van der Waals surface area (Å²) in [6.45, 7) is 6.08. The fourth-order valence-corrected chi connectivity index (χ4v) is 4.84. The second kappa shape index (κ2) is 7.73. The minimum Gasteiger partial charge on any atom is -0.341 e. The Hall–Kier alpha value is -2.70. The summed E-state index contributed by atoms with van der Waals surface area (Å²) >= 11 is 3.29. The molecule has 4 nitrogen and oxygen atoms in total. The minimum absolute atomic E-state index is 0.125. The van der Waals surface area contributed by atoms with Crippen LogP contribution in [0.4, 0.5) is 0 Å².